The SMILES string of the molecule is NC[C@@H](O)C1C=CCO1. The van der Waals surface area contributed by atoms with Gasteiger partial charge < -0.3 is 15.6 Å². The van der Waals surface area contributed by atoms with Gasteiger partial charge in [0.25, 0.3) is 0 Å². The first-order valence-electron chi connectivity index (χ1n) is 3.01. The summed E-state index contributed by atoms with van der Waals surface area (Å²) in [7, 11) is 0. The zero-order valence-electron chi connectivity index (χ0n) is 5.16. The number of nitrogens with two attached hydrogens (primary N) is 1. The molecule has 1 aliphatic rings. The molecule has 1 rings (SSSR count). The van der Waals surface area contributed by atoms with Crippen LogP contribution in [-0.2, 0) is 4.74 Å². The van der Waals surface area contributed by atoms with Crippen molar-refractivity contribution in [2.75, 3.05) is 13.2 Å². The Balaban J connectivity index is 2.33. The number of rotatable bonds is 2. The predicted octanol–water partition coefficient (Wildman–Crippen LogP) is -0.739. The summed E-state index contributed by atoms with van der Waals surface area (Å²) in [4.78, 5) is 0. The van der Waals surface area contributed by atoms with Gasteiger partial charge in [-0.15, -0.1) is 0 Å². The fourth-order valence-corrected chi connectivity index (χ4v) is 0.785. The second-order valence-electron chi connectivity index (χ2n) is 2.03. The van der Waals surface area contributed by atoms with E-state index in [0.29, 0.717) is 6.61 Å². The monoisotopic (exact) mass is 129 g/mol. The third-order valence-electron chi connectivity index (χ3n) is 1.33. The van der Waals surface area contributed by atoms with Crippen LogP contribution in [0.1, 0.15) is 0 Å². The number of ether oxygens (including phenoxy) is 1. The van der Waals surface area contributed by atoms with Gasteiger partial charge in [0.15, 0.2) is 0 Å². The van der Waals surface area contributed by atoms with Gasteiger partial charge >= 0.3 is 0 Å². The van der Waals surface area contributed by atoms with Crippen molar-refractivity contribution in [1.82, 2.24) is 0 Å². The van der Waals surface area contributed by atoms with Crippen LogP contribution in [0.5, 0.6) is 0 Å². The molecule has 9 heavy (non-hydrogen) atoms. The maximum absolute atomic E-state index is 9.06. The number of hydrogen-bond donors (Lipinski definition) is 2. The van der Waals surface area contributed by atoms with Crippen LogP contribution >= 0.6 is 0 Å². The molecule has 0 saturated carbocycles. The van der Waals surface area contributed by atoms with E-state index in [-0.39, 0.29) is 12.6 Å². The van der Waals surface area contributed by atoms with Crippen molar-refractivity contribution in [3.8, 4) is 0 Å². The Morgan fingerprint density at radius 3 is 3.11 bits per heavy atom. The Labute approximate surface area is 54.1 Å². The quantitative estimate of drug-likeness (QED) is 0.483. The average Bonchev–Trinajstić information content (AvgIpc) is 2.37. The van der Waals surface area contributed by atoms with Gasteiger partial charge in [-0.05, 0) is 0 Å². The maximum Gasteiger partial charge on any atom is 0.103 e. The Kier molecular flexibility index (Phi) is 2.22. The molecule has 1 aliphatic heterocycles. The van der Waals surface area contributed by atoms with Crippen LogP contribution < -0.4 is 5.73 Å². The van der Waals surface area contributed by atoms with Crippen LogP contribution in [0, 0.1) is 0 Å². The topological polar surface area (TPSA) is 55.5 Å². The second kappa shape index (κ2) is 2.96. The molecule has 52 valence electrons. The average molecular weight is 129 g/mol. The van der Waals surface area contributed by atoms with Crippen molar-refractivity contribution >= 4 is 0 Å². The highest BCUT2D eigenvalue weighted by molar-refractivity contribution is 4.99. The molecule has 3 N–H and O–H groups in total. The van der Waals surface area contributed by atoms with Crippen LogP contribution in [0.15, 0.2) is 12.2 Å². The van der Waals surface area contributed by atoms with E-state index in [2.05, 4.69) is 0 Å². The van der Waals surface area contributed by atoms with E-state index in [0.717, 1.165) is 0 Å². The van der Waals surface area contributed by atoms with Gasteiger partial charge in [-0.3, -0.25) is 0 Å². The first-order chi connectivity index (χ1) is 4.34. The van der Waals surface area contributed by atoms with Crippen LogP contribution in [0.2, 0.25) is 0 Å². The Hall–Kier alpha value is -0.380. The lowest BCUT2D eigenvalue weighted by Crippen LogP contribution is -2.32. The summed E-state index contributed by atoms with van der Waals surface area (Å²) in [6, 6.07) is 0. The third-order valence-corrected chi connectivity index (χ3v) is 1.33. The lowest BCUT2D eigenvalue weighted by atomic mass is 10.2. The van der Waals surface area contributed by atoms with Gasteiger partial charge in [0.1, 0.15) is 6.10 Å². The molecule has 3 nitrogen and oxygen atoms in total. The molecule has 0 spiro atoms. The zero-order valence-corrected chi connectivity index (χ0v) is 5.16. The fourth-order valence-electron chi connectivity index (χ4n) is 0.785. The molecule has 0 amide bonds. The van der Waals surface area contributed by atoms with E-state index in [9.17, 15) is 0 Å². The van der Waals surface area contributed by atoms with Crippen molar-refractivity contribution < 1.29 is 9.84 Å². The molecule has 3 heteroatoms. The van der Waals surface area contributed by atoms with Crippen molar-refractivity contribution in [3.05, 3.63) is 12.2 Å². The Morgan fingerprint density at radius 1 is 1.89 bits per heavy atom. The zero-order chi connectivity index (χ0) is 6.69. The molecule has 0 fully saturated rings. The summed E-state index contributed by atoms with van der Waals surface area (Å²) in [6.07, 6.45) is 3.00. The van der Waals surface area contributed by atoms with Gasteiger partial charge in [0.05, 0.1) is 12.7 Å². The third kappa shape index (κ3) is 1.51. The summed E-state index contributed by atoms with van der Waals surface area (Å²) in [5.74, 6) is 0. The molecular formula is C6H11NO2. The van der Waals surface area contributed by atoms with E-state index < -0.39 is 6.10 Å². The summed E-state index contributed by atoms with van der Waals surface area (Å²) in [5, 5.41) is 9.06. The van der Waals surface area contributed by atoms with Crippen LogP contribution in [0.4, 0.5) is 0 Å². The highest BCUT2D eigenvalue weighted by atomic mass is 16.5. The van der Waals surface area contributed by atoms with Crippen molar-refractivity contribution in [2.24, 2.45) is 5.73 Å². The lowest BCUT2D eigenvalue weighted by Gasteiger charge is -2.13. The predicted molar refractivity (Wildman–Crippen MR) is 33.9 cm³/mol. The maximum atomic E-state index is 9.06. The van der Waals surface area contributed by atoms with Gasteiger partial charge in [-0.2, -0.15) is 0 Å². The highest BCUT2D eigenvalue weighted by Gasteiger charge is 2.17. The van der Waals surface area contributed by atoms with E-state index in [1.807, 2.05) is 12.2 Å². The summed E-state index contributed by atoms with van der Waals surface area (Å²) >= 11 is 0. The smallest absolute Gasteiger partial charge is 0.103 e. The van der Waals surface area contributed by atoms with Crippen LogP contribution in [-0.4, -0.2) is 30.5 Å². The molecule has 2 atom stereocenters. The van der Waals surface area contributed by atoms with E-state index >= 15 is 0 Å². The number of aliphatic hydroxyl groups is 1. The Bertz CT molecular complexity index is 114. The number of hydrogen-bond acceptors (Lipinski definition) is 3. The minimum absolute atomic E-state index is 0.171. The van der Waals surface area contributed by atoms with Crippen molar-refractivity contribution in [1.29, 1.82) is 0 Å². The summed E-state index contributed by atoms with van der Waals surface area (Å²) in [5.41, 5.74) is 5.19. The van der Waals surface area contributed by atoms with E-state index in [1.165, 1.54) is 0 Å². The molecule has 1 heterocycles. The van der Waals surface area contributed by atoms with Crippen LogP contribution in [0.25, 0.3) is 0 Å². The fraction of sp³-hybridized carbons (Fsp3) is 0.667. The molecule has 0 saturated heterocycles. The molecule has 0 aromatic heterocycles. The lowest BCUT2D eigenvalue weighted by molar-refractivity contribution is 0.0185. The van der Waals surface area contributed by atoms with E-state index in [4.69, 9.17) is 15.6 Å². The van der Waals surface area contributed by atoms with Gasteiger partial charge in [0, 0.05) is 6.54 Å². The summed E-state index contributed by atoms with van der Waals surface area (Å²) in [6.45, 7) is 0.858. The Morgan fingerprint density at radius 2 is 2.67 bits per heavy atom. The molecule has 0 aromatic carbocycles. The molecule has 0 radical (unpaired) electrons. The molecular weight excluding hydrogens is 118 g/mol. The minimum Gasteiger partial charge on any atom is -0.389 e. The van der Waals surface area contributed by atoms with Crippen molar-refractivity contribution in [2.45, 2.75) is 12.2 Å². The first kappa shape index (κ1) is 6.74. The van der Waals surface area contributed by atoms with Crippen molar-refractivity contribution in [3.63, 3.8) is 0 Å². The van der Waals surface area contributed by atoms with Crippen LogP contribution in [0.3, 0.4) is 0 Å². The van der Waals surface area contributed by atoms with Gasteiger partial charge in [0.2, 0.25) is 0 Å². The molecule has 0 bridgehead atoms. The molecule has 0 aliphatic carbocycles. The standard InChI is InChI=1S/C6H11NO2/c7-4-5(8)6-2-1-3-9-6/h1-2,5-6,8H,3-4,7H2/t5-,6?/m1/s1. The largest absolute Gasteiger partial charge is 0.389 e. The van der Waals surface area contributed by atoms with E-state index in [1.54, 1.807) is 0 Å². The summed E-state index contributed by atoms with van der Waals surface area (Å²) < 4.78 is 5.06. The number of aliphatic hydroxyl groups excluding tert-OH is 1. The molecule has 0 aromatic rings. The minimum atomic E-state index is -0.538. The van der Waals surface area contributed by atoms with Gasteiger partial charge in [-0.25, -0.2) is 0 Å². The van der Waals surface area contributed by atoms with Gasteiger partial charge in [-0.1, -0.05) is 12.2 Å². The second-order valence-corrected chi connectivity index (χ2v) is 2.03. The molecule has 1 unspecified atom stereocenters. The first-order valence-corrected chi connectivity index (χ1v) is 3.01. The normalized spacial score (nSPS) is 28.9. The highest BCUT2D eigenvalue weighted by Crippen LogP contribution is 2.06.